The van der Waals surface area contributed by atoms with Gasteiger partial charge in [0, 0.05) is 61.4 Å². The van der Waals surface area contributed by atoms with Crippen LogP contribution in [0.3, 0.4) is 0 Å². The second kappa shape index (κ2) is 21.6. The van der Waals surface area contributed by atoms with Gasteiger partial charge in [-0.15, -0.1) is 0 Å². The molecule has 13 aromatic rings. The topological polar surface area (TPSA) is 16.3 Å². The lowest BCUT2D eigenvalue weighted by molar-refractivity contribution is 0.567. The van der Waals surface area contributed by atoms with Gasteiger partial charge in [0.25, 0.3) is 6.71 Å². The molecule has 0 fully saturated rings. The van der Waals surface area contributed by atoms with E-state index in [1.165, 1.54) is 144 Å². The first-order chi connectivity index (χ1) is 44.9. The fraction of sp³-hybridized carbons (Fsp3) is 0.267. The van der Waals surface area contributed by atoms with Gasteiger partial charge in [0.05, 0.1) is 27.8 Å². The maximum atomic E-state index is 2.64. The molecule has 0 amide bonds. The van der Waals surface area contributed by atoms with Gasteiger partial charge in [0.2, 0.25) is 0 Å². The summed E-state index contributed by atoms with van der Waals surface area (Å²) < 4.78 is 5.06. The van der Waals surface area contributed by atoms with Gasteiger partial charge in [-0.1, -0.05) is 264 Å². The van der Waals surface area contributed by atoms with E-state index in [1.54, 1.807) is 0 Å². The summed E-state index contributed by atoms with van der Waals surface area (Å²) >= 11 is 0. The number of nitrogens with zero attached hydrogens (tertiary/aromatic N) is 4. The van der Waals surface area contributed by atoms with Crippen molar-refractivity contribution in [2.75, 3.05) is 9.80 Å². The highest BCUT2D eigenvalue weighted by Crippen LogP contribution is 2.50. The summed E-state index contributed by atoms with van der Waals surface area (Å²) in [7, 11) is 0. The number of anilines is 6. The zero-order valence-electron chi connectivity index (χ0n) is 59.2. The van der Waals surface area contributed by atoms with E-state index in [1.807, 2.05) is 0 Å². The molecule has 0 radical (unpaired) electrons. The van der Waals surface area contributed by atoms with Gasteiger partial charge >= 0.3 is 0 Å². The minimum atomic E-state index is -0.134. The fourth-order valence-corrected chi connectivity index (χ4v) is 15.2. The summed E-state index contributed by atoms with van der Waals surface area (Å²) in [6.07, 6.45) is 0. The maximum absolute atomic E-state index is 2.64. The van der Waals surface area contributed by atoms with Crippen molar-refractivity contribution in [2.24, 2.45) is 0 Å². The Kier molecular flexibility index (Phi) is 14.1. The smallest absolute Gasteiger partial charge is 0.252 e. The van der Waals surface area contributed by atoms with Crippen molar-refractivity contribution in [1.82, 2.24) is 9.13 Å². The minimum Gasteiger partial charge on any atom is -0.311 e. The van der Waals surface area contributed by atoms with Crippen molar-refractivity contribution in [1.29, 1.82) is 0 Å². The van der Waals surface area contributed by atoms with Crippen molar-refractivity contribution in [3.8, 4) is 33.6 Å². The molecule has 474 valence electrons. The third-order valence-corrected chi connectivity index (χ3v) is 20.7. The molecule has 0 N–H and O–H groups in total. The SMILES string of the molecule is CC(C)(C)c1cc(-c2ccc(N3c4cccc5c4B(c4ccc(-n6c7ccccc7c7ccccc76)cc4N5c4cccc(-c5cc(C(C)(C)C)cc(C(C)(C)C)c5)c4)c4ccc5c(c43)c3ccccc3n5-c3cc(C(C)(C)C)cc(C(C)(C)C)c3)cc2)cc(C(C)(C)C)c1. The second-order valence-electron chi connectivity index (χ2n) is 33.6. The van der Waals surface area contributed by atoms with Crippen LogP contribution in [0.1, 0.15) is 158 Å². The summed E-state index contributed by atoms with van der Waals surface area (Å²) in [6, 6.07) is 87.3. The van der Waals surface area contributed by atoms with Crippen LogP contribution in [0.2, 0.25) is 0 Å². The molecule has 95 heavy (non-hydrogen) atoms. The first-order valence-electron chi connectivity index (χ1n) is 34.5. The summed E-state index contributed by atoms with van der Waals surface area (Å²) in [5, 5.41) is 4.97. The molecule has 0 atom stereocenters. The van der Waals surface area contributed by atoms with Crippen LogP contribution in [0.15, 0.2) is 224 Å². The van der Waals surface area contributed by atoms with Crippen LogP contribution in [0.4, 0.5) is 34.1 Å². The molecule has 11 aromatic carbocycles. The standard InChI is InChI=1S/C90H91BN4/c1-85(2,3)60-45-58(46-61(50-60)86(4,5)6)56-37-39-66(40-38-56)95-80-36-26-35-79-83(80)91(74-43-44-78-82(84(74)95)72-31-21-24-34-77(72)94(78)69-53-64(89(13,14)15)52-65(54-69)90(16,17)18)73-42-41-68(92-75-32-22-19-29-70(75)71-30-20-23-33-76(71)92)55-81(73)93(79)67-28-25-27-57(49-67)59-47-62(87(7,8)9)51-63(48-59)88(10,11)12/h19-55H,1-18H3. The quantitative estimate of drug-likeness (QED) is 0.154. The summed E-state index contributed by atoms with van der Waals surface area (Å²) in [5.41, 5.74) is 30.6. The Morgan fingerprint density at radius 3 is 1.19 bits per heavy atom. The van der Waals surface area contributed by atoms with E-state index in [9.17, 15) is 0 Å². The number of para-hydroxylation sites is 3. The molecule has 4 heterocycles. The molecule has 4 nitrogen and oxygen atoms in total. The normalized spacial score (nSPS) is 13.7. The summed E-state index contributed by atoms with van der Waals surface area (Å²) in [5.74, 6) is 0. The second-order valence-corrected chi connectivity index (χ2v) is 33.6. The van der Waals surface area contributed by atoms with Crippen LogP contribution in [-0.4, -0.2) is 15.8 Å². The Morgan fingerprint density at radius 1 is 0.253 bits per heavy atom. The van der Waals surface area contributed by atoms with E-state index in [-0.39, 0.29) is 39.2 Å². The molecule has 2 aliphatic heterocycles. The highest BCUT2D eigenvalue weighted by molar-refractivity contribution is 7.00. The number of aromatic nitrogens is 2. The minimum absolute atomic E-state index is 0.0170. The molecule has 0 saturated carbocycles. The molecule has 5 heteroatoms. The van der Waals surface area contributed by atoms with Crippen LogP contribution >= 0.6 is 0 Å². The van der Waals surface area contributed by atoms with Gasteiger partial charge in [0.1, 0.15) is 0 Å². The van der Waals surface area contributed by atoms with Gasteiger partial charge in [-0.25, -0.2) is 0 Å². The molecular weight excluding hydrogens is 1150 g/mol. The summed E-state index contributed by atoms with van der Waals surface area (Å²) in [4.78, 5) is 5.24. The van der Waals surface area contributed by atoms with E-state index in [0.717, 1.165) is 17.1 Å². The van der Waals surface area contributed by atoms with E-state index in [2.05, 4.69) is 368 Å². The largest absolute Gasteiger partial charge is 0.311 e. The third-order valence-electron chi connectivity index (χ3n) is 20.7. The Morgan fingerprint density at radius 2 is 0.674 bits per heavy atom. The number of fused-ring (bicyclic) bond motifs is 11. The van der Waals surface area contributed by atoms with Crippen molar-refractivity contribution in [2.45, 2.75) is 157 Å². The van der Waals surface area contributed by atoms with Crippen molar-refractivity contribution < 1.29 is 0 Å². The number of hydrogen-bond acceptors (Lipinski definition) is 2. The molecule has 2 aromatic heterocycles. The Balaban J connectivity index is 1.03. The molecule has 0 unspecified atom stereocenters. The van der Waals surface area contributed by atoms with Crippen LogP contribution in [-0.2, 0) is 32.5 Å². The third kappa shape index (κ3) is 10.4. The average Bonchev–Trinajstić information content (AvgIpc) is 1.67. The van der Waals surface area contributed by atoms with Gasteiger partial charge in [-0.3, -0.25) is 0 Å². The van der Waals surface area contributed by atoms with Crippen molar-refractivity contribution in [3.05, 3.63) is 258 Å². The zero-order chi connectivity index (χ0) is 66.8. The average molecular weight is 1240 g/mol. The Labute approximate surface area is 565 Å². The molecule has 15 rings (SSSR count). The maximum Gasteiger partial charge on any atom is 0.252 e. The Bertz CT molecular complexity index is 5110. The molecule has 0 spiro atoms. The first kappa shape index (κ1) is 61.8. The van der Waals surface area contributed by atoms with E-state index >= 15 is 0 Å². The molecule has 0 saturated heterocycles. The molecule has 0 bridgehead atoms. The Hall–Kier alpha value is -9.32. The molecule has 0 aliphatic carbocycles. The summed E-state index contributed by atoms with van der Waals surface area (Å²) in [6.45, 7) is 42.0. The lowest BCUT2D eigenvalue weighted by Gasteiger charge is -2.44. The van der Waals surface area contributed by atoms with Gasteiger partial charge in [-0.2, -0.15) is 0 Å². The highest BCUT2D eigenvalue weighted by Gasteiger charge is 2.45. The van der Waals surface area contributed by atoms with Gasteiger partial charge in [-0.05, 0) is 189 Å². The lowest BCUT2D eigenvalue weighted by Crippen LogP contribution is -2.61. The molecular formula is C90H91BN4. The predicted molar refractivity (Wildman–Crippen MR) is 412 cm³/mol. The number of hydrogen-bond donors (Lipinski definition) is 0. The van der Waals surface area contributed by atoms with Crippen molar-refractivity contribution >= 4 is 101 Å². The lowest BCUT2D eigenvalue weighted by atomic mass is 9.33. The monoisotopic (exact) mass is 1240 g/mol. The van der Waals surface area contributed by atoms with Gasteiger partial charge < -0.3 is 18.9 Å². The highest BCUT2D eigenvalue weighted by atomic mass is 15.2. The van der Waals surface area contributed by atoms with Gasteiger partial charge in [0.15, 0.2) is 0 Å². The van der Waals surface area contributed by atoms with E-state index < -0.39 is 0 Å². The predicted octanol–water partition coefficient (Wildman–Crippen LogP) is 23.1. The van der Waals surface area contributed by atoms with Crippen LogP contribution in [0.5, 0.6) is 0 Å². The number of benzene rings is 11. The van der Waals surface area contributed by atoms with Crippen molar-refractivity contribution in [3.63, 3.8) is 0 Å². The molecule has 2 aliphatic rings. The fourth-order valence-electron chi connectivity index (χ4n) is 15.2. The van der Waals surface area contributed by atoms with Crippen LogP contribution < -0.4 is 26.2 Å². The van der Waals surface area contributed by atoms with Crippen LogP contribution in [0.25, 0.3) is 77.2 Å². The van der Waals surface area contributed by atoms with E-state index in [4.69, 9.17) is 0 Å². The van der Waals surface area contributed by atoms with Crippen LogP contribution in [0, 0.1) is 0 Å². The number of rotatable bonds is 6. The zero-order valence-corrected chi connectivity index (χ0v) is 59.2. The first-order valence-corrected chi connectivity index (χ1v) is 34.5. The van der Waals surface area contributed by atoms with E-state index in [0.29, 0.717) is 0 Å².